The van der Waals surface area contributed by atoms with Crippen molar-refractivity contribution in [2.24, 2.45) is 22.9 Å². The van der Waals surface area contributed by atoms with Crippen molar-refractivity contribution in [1.82, 2.24) is 10.6 Å². The Morgan fingerprint density at radius 2 is 1.47 bits per heavy atom. The van der Waals surface area contributed by atoms with Crippen molar-refractivity contribution < 1.29 is 59.8 Å². The molecule has 0 aromatic carbocycles. The van der Waals surface area contributed by atoms with E-state index in [4.69, 9.17) is 41.9 Å². The first-order chi connectivity index (χ1) is 20.4. The van der Waals surface area contributed by atoms with Gasteiger partial charge in [0.25, 0.3) is 0 Å². The second kappa shape index (κ2) is 17.3. The third-order valence-corrected chi connectivity index (χ3v) is 8.25. The van der Waals surface area contributed by atoms with Crippen molar-refractivity contribution in [1.29, 1.82) is 0 Å². The summed E-state index contributed by atoms with van der Waals surface area (Å²) in [6, 6.07) is -4.44. The van der Waals surface area contributed by atoms with Gasteiger partial charge in [0.1, 0.15) is 36.6 Å². The third kappa shape index (κ3) is 9.41. The van der Waals surface area contributed by atoms with Gasteiger partial charge in [-0.25, -0.2) is 0 Å². The summed E-state index contributed by atoms with van der Waals surface area (Å²) in [6.07, 6.45) is -12.3. The average Bonchev–Trinajstić information content (AvgIpc) is 2.97. The summed E-state index contributed by atoms with van der Waals surface area (Å²) < 4.78 is 23.6. The Morgan fingerprint density at radius 3 is 2.09 bits per heavy atom. The molecule has 0 amide bonds. The van der Waals surface area contributed by atoms with Gasteiger partial charge in [0.15, 0.2) is 12.6 Å². The number of hydrogen-bond donors (Lipinski definition) is 14. The highest BCUT2D eigenvalue weighted by Crippen LogP contribution is 2.31. The van der Waals surface area contributed by atoms with E-state index < -0.39 is 118 Å². The van der Waals surface area contributed by atoms with Crippen molar-refractivity contribution in [3.8, 4) is 0 Å². The molecule has 0 aromatic rings. The van der Waals surface area contributed by atoms with Gasteiger partial charge in [0.05, 0.1) is 56.3 Å². The van der Waals surface area contributed by atoms with E-state index in [0.717, 1.165) is 0 Å². The van der Waals surface area contributed by atoms with Gasteiger partial charge in [0.2, 0.25) is 0 Å². The Bertz CT molecular complexity index is 806. The monoisotopic (exact) mass is 628 g/mol. The Balaban J connectivity index is 1.75. The van der Waals surface area contributed by atoms with E-state index in [9.17, 15) is 40.9 Å². The smallest absolute Gasteiger partial charge is 0.186 e. The molecule has 0 bridgehead atoms. The van der Waals surface area contributed by atoms with Gasteiger partial charge in [-0.15, -0.1) is 0 Å². The summed E-state index contributed by atoms with van der Waals surface area (Å²) in [4.78, 5) is 0. The molecular formula is C25H52N6O12. The van der Waals surface area contributed by atoms with Crippen LogP contribution in [0.3, 0.4) is 0 Å². The van der Waals surface area contributed by atoms with E-state index in [1.165, 1.54) is 0 Å². The highest BCUT2D eigenvalue weighted by atomic mass is 16.7. The van der Waals surface area contributed by atoms with Gasteiger partial charge in [-0.05, 0) is 25.8 Å². The van der Waals surface area contributed by atoms with Crippen LogP contribution in [-0.4, -0.2) is 178 Å². The van der Waals surface area contributed by atoms with Gasteiger partial charge in [-0.1, -0.05) is 0 Å². The minimum Gasteiger partial charge on any atom is -0.395 e. The predicted octanol–water partition coefficient (Wildman–Crippen LogP) is -7.97. The molecular weight excluding hydrogens is 576 g/mol. The standard InChI is InChI=1S/C25H52N6O12/c26-2-1-11(35)5-30-6-16-15(36)4-13(28)24(40-16)42-22-12(27)3-14(31-10(7-32)8-33)23(21(22)39)43-25-20(38)18(29)19(37)17(9-34)41-25/h10-25,30-39H,1-9,26-29H2/t11?,12-,13+,14+,15-,16+,17+,18-,19+,20+,21-,22+,23-,24+,25+/m0/s1. The average molecular weight is 629 g/mol. The van der Waals surface area contributed by atoms with E-state index in [1.807, 2.05) is 0 Å². The zero-order valence-electron chi connectivity index (χ0n) is 24.1. The van der Waals surface area contributed by atoms with Crippen molar-refractivity contribution in [2.75, 3.05) is 39.5 Å². The summed E-state index contributed by atoms with van der Waals surface area (Å²) in [7, 11) is 0. The molecule has 2 aliphatic heterocycles. The van der Waals surface area contributed by atoms with Gasteiger partial charge >= 0.3 is 0 Å². The van der Waals surface area contributed by atoms with Crippen LogP contribution in [0, 0.1) is 0 Å². The number of ether oxygens (including phenoxy) is 4. The van der Waals surface area contributed by atoms with E-state index in [1.54, 1.807) is 0 Å². The Hall–Kier alpha value is -0.720. The molecule has 3 aliphatic rings. The van der Waals surface area contributed by atoms with Gasteiger partial charge in [-0.2, -0.15) is 0 Å². The zero-order chi connectivity index (χ0) is 31.8. The van der Waals surface area contributed by atoms with Crippen LogP contribution in [0.25, 0.3) is 0 Å². The van der Waals surface area contributed by atoms with Crippen LogP contribution >= 0.6 is 0 Å². The maximum atomic E-state index is 11.5. The van der Waals surface area contributed by atoms with Crippen molar-refractivity contribution in [2.45, 2.75) is 117 Å². The fraction of sp³-hybridized carbons (Fsp3) is 1.00. The molecule has 0 radical (unpaired) electrons. The maximum Gasteiger partial charge on any atom is 0.186 e. The molecule has 43 heavy (non-hydrogen) atoms. The van der Waals surface area contributed by atoms with Crippen LogP contribution in [0.15, 0.2) is 0 Å². The molecule has 15 atom stereocenters. The Kier molecular flexibility index (Phi) is 14.8. The SMILES string of the molecule is NCCC(O)CNC[C@H]1O[C@H](O[C@H]2[C@H](O)[C@@H](O[C@H]3O[C@H](CO)[C@@H](O)[C@H](N)[C@H]3O)[C@H](NC(CO)CO)C[C@@H]2N)[C@H](N)C[C@@H]1O. The fourth-order valence-electron chi connectivity index (χ4n) is 5.67. The quantitative estimate of drug-likeness (QED) is 0.0800. The number of rotatable bonds is 15. The van der Waals surface area contributed by atoms with E-state index in [2.05, 4.69) is 10.6 Å². The highest BCUT2D eigenvalue weighted by molar-refractivity contribution is 5.03. The van der Waals surface area contributed by atoms with Crippen LogP contribution < -0.4 is 33.6 Å². The molecule has 1 unspecified atom stereocenters. The largest absolute Gasteiger partial charge is 0.395 e. The van der Waals surface area contributed by atoms with Crippen molar-refractivity contribution in [3.05, 3.63) is 0 Å². The molecule has 18 nitrogen and oxygen atoms in total. The molecule has 3 fully saturated rings. The lowest BCUT2D eigenvalue weighted by Crippen LogP contribution is -2.69. The van der Waals surface area contributed by atoms with Crippen LogP contribution in [0.4, 0.5) is 0 Å². The lowest BCUT2D eigenvalue weighted by Gasteiger charge is -2.49. The topological polar surface area (TPSA) is 327 Å². The number of nitrogens with one attached hydrogen (secondary N) is 2. The predicted molar refractivity (Wildman–Crippen MR) is 149 cm³/mol. The molecule has 1 saturated carbocycles. The van der Waals surface area contributed by atoms with E-state index in [-0.39, 0.29) is 25.9 Å². The van der Waals surface area contributed by atoms with Crippen LogP contribution in [0.5, 0.6) is 0 Å². The summed E-state index contributed by atoms with van der Waals surface area (Å²) in [5.41, 5.74) is 24.0. The third-order valence-electron chi connectivity index (χ3n) is 8.25. The number of hydrogen-bond acceptors (Lipinski definition) is 18. The van der Waals surface area contributed by atoms with Crippen molar-refractivity contribution >= 4 is 0 Å². The highest BCUT2D eigenvalue weighted by Gasteiger charge is 2.51. The van der Waals surface area contributed by atoms with Gasteiger partial charge < -0.3 is 93.4 Å². The van der Waals surface area contributed by atoms with Crippen molar-refractivity contribution in [3.63, 3.8) is 0 Å². The second-order valence-corrected chi connectivity index (χ2v) is 11.6. The second-order valence-electron chi connectivity index (χ2n) is 11.6. The zero-order valence-corrected chi connectivity index (χ0v) is 24.1. The van der Waals surface area contributed by atoms with E-state index in [0.29, 0.717) is 13.0 Å². The van der Waals surface area contributed by atoms with Gasteiger partial charge in [0, 0.05) is 25.2 Å². The minimum absolute atomic E-state index is 0.0956. The summed E-state index contributed by atoms with van der Waals surface area (Å²) in [6.45, 7) is -0.771. The first-order valence-corrected chi connectivity index (χ1v) is 14.7. The van der Waals surface area contributed by atoms with Crippen LogP contribution in [-0.2, 0) is 18.9 Å². The summed E-state index contributed by atoms with van der Waals surface area (Å²) >= 11 is 0. The first kappa shape index (κ1) is 36.7. The van der Waals surface area contributed by atoms with E-state index >= 15 is 0 Å². The molecule has 1 aliphatic carbocycles. The lowest BCUT2D eigenvalue weighted by atomic mass is 9.83. The summed E-state index contributed by atoms with van der Waals surface area (Å²) in [5.74, 6) is 0. The Morgan fingerprint density at radius 1 is 0.814 bits per heavy atom. The normalized spacial score (nSPS) is 43.2. The van der Waals surface area contributed by atoms with Crippen LogP contribution in [0.1, 0.15) is 19.3 Å². The molecule has 18 heteroatoms. The number of aliphatic hydroxyl groups excluding tert-OH is 8. The molecule has 2 saturated heterocycles. The number of nitrogens with two attached hydrogens (primary N) is 4. The fourth-order valence-corrected chi connectivity index (χ4v) is 5.67. The molecule has 3 rings (SSSR count). The minimum atomic E-state index is -1.54. The number of aliphatic hydroxyl groups is 8. The first-order valence-electron chi connectivity index (χ1n) is 14.7. The molecule has 254 valence electrons. The molecule has 0 aromatic heterocycles. The maximum absolute atomic E-state index is 11.5. The lowest BCUT2D eigenvalue weighted by molar-refractivity contribution is -0.316. The summed E-state index contributed by atoms with van der Waals surface area (Å²) in [5, 5.41) is 87.7. The Labute approximate surface area is 250 Å². The molecule has 2 heterocycles. The molecule has 18 N–H and O–H groups in total. The molecule has 0 spiro atoms. The van der Waals surface area contributed by atoms with Crippen LogP contribution in [0.2, 0.25) is 0 Å². The van der Waals surface area contributed by atoms with Gasteiger partial charge in [-0.3, -0.25) is 0 Å².